The van der Waals surface area contributed by atoms with Crippen LogP contribution in [0.3, 0.4) is 0 Å². The highest BCUT2D eigenvalue weighted by Gasteiger charge is 2.35. The first-order valence-electron chi connectivity index (χ1n) is 11.0. The molecular formula is C25H24N4O5S. The Bertz CT molecular complexity index is 1470. The summed E-state index contributed by atoms with van der Waals surface area (Å²) in [7, 11) is -0.646. The maximum Gasteiger partial charge on any atom is 0.262 e. The lowest BCUT2D eigenvalue weighted by Crippen LogP contribution is -2.32. The Hall–Kier alpha value is -3.89. The average molecular weight is 493 g/mol. The molecular weight excluding hydrogens is 468 g/mol. The number of anilines is 1. The topological polar surface area (TPSA) is 108 Å². The molecule has 2 aromatic heterocycles. The van der Waals surface area contributed by atoms with E-state index in [1.165, 1.54) is 31.2 Å². The number of sulfonamides is 1. The summed E-state index contributed by atoms with van der Waals surface area (Å²) in [4.78, 5) is 13.4. The van der Waals surface area contributed by atoms with Crippen LogP contribution in [0.2, 0.25) is 0 Å². The predicted octanol–water partition coefficient (Wildman–Crippen LogP) is 4.07. The smallest absolute Gasteiger partial charge is 0.262 e. The number of benzene rings is 2. The van der Waals surface area contributed by atoms with Gasteiger partial charge < -0.3 is 14.2 Å². The van der Waals surface area contributed by atoms with Crippen molar-refractivity contribution >= 4 is 38.3 Å². The first-order chi connectivity index (χ1) is 16.8. The highest BCUT2D eigenvalue weighted by molar-refractivity contribution is 7.89. The molecule has 0 spiro atoms. The van der Waals surface area contributed by atoms with Crippen LogP contribution in [-0.2, 0) is 14.8 Å². The van der Waals surface area contributed by atoms with Crippen molar-refractivity contribution < 1.29 is 22.0 Å². The molecule has 0 bridgehead atoms. The molecule has 0 radical (unpaired) electrons. The third-order valence-corrected chi connectivity index (χ3v) is 7.61. The van der Waals surface area contributed by atoms with Crippen LogP contribution >= 0.6 is 0 Å². The zero-order valence-electron chi connectivity index (χ0n) is 19.2. The Morgan fingerprint density at radius 2 is 1.94 bits per heavy atom. The summed E-state index contributed by atoms with van der Waals surface area (Å²) in [5.41, 5.74) is 1.91. The molecule has 0 saturated heterocycles. The van der Waals surface area contributed by atoms with E-state index in [0.29, 0.717) is 29.3 Å². The number of hydrogen-bond acceptors (Lipinski definition) is 7. The molecule has 0 unspecified atom stereocenters. The van der Waals surface area contributed by atoms with Crippen LogP contribution < -0.4 is 5.32 Å². The van der Waals surface area contributed by atoms with Gasteiger partial charge in [-0.15, -0.1) is 0 Å². The Kier molecular flexibility index (Phi) is 5.91. The molecule has 180 valence electrons. The Labute approximate surface area is 202 Å². The fourth-order valence-electron chi connectivity index (χ4n) is 3.95. The molecule has 5 rings (SSSR count). The lowest BCUT2D eigenvalue weighted by atomic mass is 10.1. The molecule has 4 aromatic rings. The van der Waals surface area contributed by atoms with Gasteiger partial charge in [-0.1, -0.05) is 24.3 Å². The monoisotopic (exact) mass is 492 g/mol. The van der Waals surface area contributed by atoms with Gasteiger partial charge in [0.2, 0.25) is 10.0 Å². The second-order valence-electron chi connectivity index (χ2n) is 8.34. The molecule has 0 fully saturated rings. The van der Waals surface area contributed by atoms with Gasteiger partial charge in [0, 0.05) is 31.6 Å². The largest absolute Gasteiger partial charge is 0.467 e. The zero-order valence-corrected chi connectivity index (χ0v) is 20.0. The summed E-state index contributed by atoms with van der Waals surface area (Å²) in [5.74, 6) is 0.929. The quantitative estimate of drug-likeness (QED) is 0.417. The Morgan fingerprint density at radius 3 is 2.69 bits per heavy atom. The van der Waals surface area contributed by atoms with Crippen molar-refractivity contribution in [2.24, 2.45) is 5.10 Å². The molecule has 1 atom stereocenters. The lowest BCUT2D eigenvalue weighted by molar-refractivity contribution is -0.131. The third kappa shape index (κ3) is 4.45. The van der Waals surface area contributed by atoms with E-state index in [4.69, 9.17) is 8.83 Å². The number of nitrogens with zero attached hydrogens (tertiary/aromatic N) is 3. The first kappa shape index (κ1) is 22.9. The highest BCUT2D eigenvalue weighted by atomic mass is 32.2. The number of para-hydroxylation sites is 1. The molecule has 3 heterocycles. The number of fused-ring (bicyclic) bond motifs is 1. The molecule has 35 heavy (non-hydrogen) atoms. The molecule has 9 nitrogen and oxygen atoms in total. The molecule has 1 aliphatic rings. The molecule has 1 N–H and O–H groups in total. The zero-order chi connectivity index (χ0) is 24.6. The van der Waals surface area contributed by atoms with Crippen LogP contribution in [0.15, 0.2) is 91.8 Å². The minimum absolute atomic E-state index is 0.0837. The van der Waals surface area contributed by atoms with Crippen molar-refractivity contribution in [2.75, 3.05) is 26.0 Å². The van der Waals surface area contributed by atoms with Crippen LogP contribution in [0.1, 0.15) is 24.0 Å². The third-order valence-electron chi connectivity index (χ3n) is 5.80. The lowest BCUT2D eigenvalue weighted by Gasteiger charge is -2.20. The SMILES string of the molecule is CN(C)S(=O)(=O)c1cccc(NCC(=O)N2N=C(c3cc4ccccc4o3)C[C@@H]2c2ccco2)c1. The average Bonchev–Trinajstić information content (AvgIpc) is 3.61. The van der Waals surface area contributed by atoms with E-state index in [-0.39, 0.29) is 17.3 Å². The van der Waals surface area contributed by atoms with Crippen molar-refractivity contribution in [1.82, 2.24) is 9.31 Å². The minimum Gasteiger partial charge on any atom is -0.467 e. The molecule has 2 aromatic carbocycles. The van der Waals surface area contributed by atoms with Gasteiger partial charge in [-0.25, -0.2) is 17.7 Å². The standard InChI is InChI=1S/C25H24N4O5S/c1-28(2)35(31,32)19-9-5-8-18(14-19)26-16-25(30)29-21(23-11-6-12-33-23)15-20(27-29)24-13-17-7-3-4-10-22(17)34-24/h3-14,21,26H,15-16H2,1-2H3/t21-/m1/s1. The number of nitrogens with one attached hydrogen (secondary N) is 1. The first-order valence-corrected chi connectivity index (χ1v) is 12.5. The number of furan rings is 2. The van der Waals surface area contributed by atoms with Gasteiger partial charge in [-0.3, -0.25) is 4.79 Å². The number of hydrazone groups is 1. The van der Waals surface area contributed by atoms with Crippen LogP contribution in [0.25, 0.3) is 11.0 Å². The van der Waals surface area contributed by atoms with Gasteiger partial charge in [0.1, 0.15) is 23.1 Å². The highest BCUT2D eigenvalue weighted by Crippen LogP contribution is 2.34. The van der Waals surface area contributed by atoms with Crippen LogP contribution in [0.5, 0.6) is 0 Å². The van der Waals surface area contributed by atoms with Gasteiger partial charge in [-0.2, -0.15) is 5.10 Å². The summed E-state index contributed by atoms with van der Waals surface area (Å²) in [6.45, 7) is -0.0837. The van der Waals surface area contributed by atoms with Gasteiger partial charge >= 0.3 is 0 Å². The summed E-state index contributed by atoms with van der Waals surface area (Å²) in [6.07, 6.45) is 2.00. The van der Waals surface area contributed by atoms with E-state index in [1.54, 1.807) is 24.5 Å². The van der Waals surface area contributed by atoms with Crippen LogP contribution in [0, 0.1) is 0 Å². The fourth-order valence-corrected chi connectivity index (χ4v) is 4.90. The van der Waals surface area contributed by atoms with E-state index in [0.717, 1.165) is 15.3 Å². The maximum absolute atomic E-state index is 13.2. The second kappa shape index (κ2) is 9.05. The molecule has 10 heteroatoms. The Morgan fingerprint density at radius 1 is 1.11 bits per heavy atom. The Balaban J connectivity index is 1.38. The number of carbonyl (C=O) groups is 1. The van der Waals surface area contributed by atoms with E-state index in [9.17, 15) is 13.2 Å². The summed E-state index contributed by atoms with van der Waals surface area (Å²) >= 11 is 0. The summed E-state index contributed by atoms with van der Waals surface area (Å²) < 4.78 is 37.6. The van der Waals surface area contributed by atoms with Gasteiger partial charge in [-0.05, 0) is 42.5 Å². The van der Waals surface area contributed by atoms with Crippen molar-refractivity contribution in [3.05, 3.63) is 84.5 Å². The number of amides is 1. The van der Waals surface area contributed by atoms with E-state index < -0.39 is 16.1 Å². The van der Waals surface area contributed by atoms with Gasteiger partial charge in [0.05, 0.1) is 17.7 Å². The molecule has 1 aliphatic heterocycles. The fraction of sp³-hybridized carbons (Fsp3) is 0.200. The second-order valence-corrected chi connectivity index (χ2v) is 10.5. The minimum atomic E-state index is -3.59. The van der Waals surface area contributed by atoms with Crippen molar-refractivity contribution in [3.63, 3.8) is 0 Å². The van der Waals surface area contributed by atoms with Crippen molar-refractivity contribution in [2.45, 2.75) is 17.4 Å². The molecule has 0 saturated carbocycles. The maximum atomic E-state index is 13.2. The van der Waals surface area contributed by atoms with Crippen LogP contribution in [-0.4, -0.2) is 50.0 Å². The number of carbonyl (C=O) groups excluding carboxylic acids is 1. The van der Waals surface area contributed by atoms with E-state index in [1.807, 2.05) is 36.4 Å². The number of rotatable bonds is 7. The van der Waals surface area contributed by atoms with Crippen molar-refractivity contribution in [1.29, 1.82) is 0 Å². The van der Waals surface area contributed by atoms with Crippen molar-refractivity contribution in [3.8, 4) is 0 Å². The van der Waals surface area contributed by atoms with Crippen LogP contribution in [0.4, 0.5) is 5.69 Å². The summed E-state index contributed by atoms with van der Waals surface area (Å²) in [6, 6.07) is 19.1. The normalized spacial score (nSPS) is 16.1. The molecule has 1 amide bonds. The van der Waals surface area contributed by atoms with E-state index in [2.05, 4.69) is 10.4 Å². The predicted molar refractivity (Wildman–Crippen MR) is 131 cm³/mol. The molecule has 0 aliphatic carbocycles. The van der Waals surface area contributed by atoms with Gasteiger partial charge in [0.25, 0.3) is 5.91 Å². The van der Waals surface area contributed by atoms with E-state index >= 15 is 0 Å². The van der Waals surface area contributed by atoms with Gasteiger partial charge in [0.15, 0.2) is 5.76 Å². The number of hydrogen-bond donors (Lipinski definition) is 1. The summed E-state index contributed by atoms with van der Waals surface area (Å²) in [5, 5.41) is 9.96.